The smallest absolute Gasteiger partial charge is 0.407 e. The number of ether oxygens (including phenoxy) is 2. The lowest BCUT2D eigenvalue weighted by atomic mass is 9.92. The first kappa shape index (κ1) is 27.4. The van der Waals surface area contributed by atoms with E-state index in [1.807, 2.05) is 0 Å². The number of benzene rings is 2. The van der Waals surface area contributed by atoms with Crippen LogP contribution >= 0.6 is 0 Å². The van der Waals surface area contributed by atoms with Crippen LogP contribution in [-0.2, 0) is 32.4 Å². The van der Waals surface area contributed by atoms with Gasteiger partial charge in [0.2, 0.25) is 0 Å². The molecule has 0 radical (unpaired) electrons. The molecule has 37 heavy (non-hydrogen) atoms. The predicted octanol–water partition coefficient (Wildman–Crippen LogP) is 4.64. The van der Waals surface area contributed by atoms with Gasteiger partial charge < -0.3 is 14.8 Å². The van der Waals surface area contributed by atoms with Crippen LogP contribution in [0, 0.1) is 17.5 Å². The van der Waals surface area contributed by atoms with Gasteiger partial charge in [0.05, 0.1) is 23.3 Å². The Labute approximate surface area is 214 Å². The van der Waals surface area contributed by atoms with Crippen molar-refractivity contribution in [3.63, 3.8) is 0 Å². The van der Waals surface area contributed by atoms with E-state index in [0.717, 1.165) is 17.2 Å². The van der Waals surface area contributed by atoms with Crippen molar-refractivity contribution in [1.82, 2.24) is 10.2 Å². The molecule has 2 heterocycles. The number of alkyl carbamates (subject to hydrolysis) is 1. The summed E-state index contributed by atoms with van der Waals surface area (Å²) in [7, 11) is -3.35. The standard InChI is InChI=1S/C26H31F3N2O5S/c1-5-37(33,34)18-7-6-15-12-31(13-16(15)8-18)17-9-23(30-25(32)36-26(2,3)4)24(35-14-17)19-10-21(28)22(29)11-20(19)27/h6-8,10-11,17,23-24H,5,9,12-14H2,1-4H3,(H,30,32)/t17-,23+,24-/m1/s1. The molecule has 7 nitrogen and oxygen atoms in total. The zero-order valence-corrected chi connectivity index (χ0v) is 22.0. The van der Waals surface area contributed by atoms with E-state index in [-0.39, 0.29) is 28.9 Å². The molecule has 0 spiro atoms. The van der Waals surface area contributed by atoms with Crippen LogP contribution in [0.1, 0.15) is 56.9 Å². The van der Waals surface area contributed by atoms with Crippen LogP contribution in [0.2, 0.25) is 0 Å². The molecule has 1 N–H and O–H groups in total. The highest BCUT2D eigenvalue weighted by atomic mass is 32.2. The van der Waals surface area contributed by atoms with E-state index in [2.05, 4.69) is 10.2 Å². The van der Waals surface area contributed by atoms with Crippen LogP contribution in [0.15, 0.2) is 35.2 Å². The summed E-state index contributed by atoms with van der Waals surface area (Å²) in [6.45, 7) is 7.86. The number of carbonyl (C=O) groups is 1. The molecule has 11 heteroatoms. The highest BCUT2D eigenvalue weighted by Gasteiger charge is 2.40. The number of carbonyl (C=O) groups excluding carboxylic acids is 1. The molecule has 0 aliphatic carbocycles. The maximum Gasteiger partial charge on any atom is 0.407 e. The molecule has 2 aromatic rings. The van der Waals surface area contributed by atoms with Gasteiger partial charge in [-0.2, -0.15) is 0 Å². The van der Waals surface area contributed by atoms with Crippen LogP contribution in [0.25, 0.3) is 0 Å². The maximum atomic E-state index is 14.6. The highest BCUT2D eigenvalue weighted by molar-refractivity contribution is 7.91. The average molecular weight is 541 g/mol. The third kappa shape index (κ3) is 6.10. The second kappa shape index (κ2) is 10.3. The molecule has 1 saturated heterocycles. The lowest BCUT2D eigenvalue weighted by Gasteiger charge is -2.40. The van der Waals surface area contributed by atoms with Gasteiger partial charge in [-0.25, -0.2) is 26.4 Å². The summed E-state index contributed by atoms with van der Waals surface area (Å²) in [4.78, 5) is 15.0. The Hall–Kier alpha value is -2.63. The Morgan fingerprint density at radius 1 is 1.08 bits per heavy atom. The summed E-state index contributed by atoms with van der Waals surface area (Å²) in [5.41, 5.74) is 0.896. The van der Waals surface area contributed by atoms with Crippen molar-refractivity contribution in [1.29, 1.82) is 0 Å². The Bertz CT molecular complexity index is 1300. The Kier molecular flexibility index (Phi) is 7.60. The first-order valence-electron chi connectivity index (χ1n) is 12.1. The molecule has 0 bridgehead atoms. The Morgan fingerprint density at radius 3 is 2.43 bits per heavy atom. The monoisotopic (exact) mass is 540 g/mol. The number of sulfone groups is 1. The van der Waals surface area contributed by atoms with E-state index in [4.69, 9.17) is 9.47 Å². The predicted molar refractivity (Wildman–Crippen MR) is 130 cm³/mol. The lowest BCUT2D eigenvalue weighted by molar-refractivity contribution is -0.0627. The summed E-state index contributed by atoms with van der Waals surface area (Å²) < 4.78 is 78.1. The summed E-state index contributed by atoms with van der Waals surface area (Å²) in [5, 5.41) is 2.72. The van der Waals surface area contributed by atoms with Crippen LogP contribution in [0.3, 0.4) is 0 Å². The number of hydrogen-bond donors (Lipinski definition) is 1. The Balaban J connectivity index is 1.56. The minimum atomic E-state index is -3.35. The number of nitrogens with zero attached hydrogens (tertiary/aromatic N) is 1. The second-order valence-corrected chi connectivity index (χ2v) is 12.7. The molecule has 0 aromatic heterocycles. The quantitative estimate of drug-likeness (QED) is 0.557. The van der Waals surface area contributed by atoms with Crippen molar-refractivity contribution >= 4 is 15.9 Å². The minimum absolute atomic E-state index is 0.00586. The molecular formula is C26H31F3N2O5S. The molecule has 4 rings (SSSR count). The highest BCUT2D eigenvalue weighted by Crippen LogP contribution is 2.36. The number of halogens is 3. The molecule has 0 saturated carbocycles. The molecule has 1 fully saturated rings. The first-order valence-corrected chi connectivity index (χ1v) is 13.8. The van der Waals surface area contributed by atoms with Gasteiger partial charge in [-0.05, 0) is 56.5 Å². The van der Waals surface area contributed by atoms with Gasteiger partial charge in [-0.15, -0.1) is 0 Å². The van der Waals surface area contributed by atoms with E-state index in [9.17, 15) is 26.4 Å². The van der Waals surface area contributed by atoms with Gasteiger partial charge >= 0.3 is 6.09 Å². The van der Waals surface area contributed by atoms with Gasteiger partial charge in [0.1, 0.15) is 17.5 Å². The number of fused-ring (bicyclic) bond motifs is 1. The van der Waals surface area contributed by atoms with Crippen LogP contribution in [0.5, 0.6) is 0 Å². The molecular weight excluding hydrogens is 509 g/mol. The fraction of sp³-hybridized carbons (Fsp3) is 0.500. The minimum Gasteiger partial charge on any atom is -0.444 e. The topological polar surface area (TPSA) is 84.9 Å². The van der Waals surface area contributed by atoms with Gasteiger partial charge in [0, 0.05) is 30.8 Å². The molecule has 1 amide bonds. The third-order valence-electron chi connectivity index (χ3n) is 6.59. The first-order chi connectivity index (χ1) is 17.3. The van der Waals surface area contributed by atoms with Crippen LogP contribution in [-0.4, -0.2) is 49.5 Å². The van der Waals surface area contributed by atoms with Gasteiger partial charge in [-0.3, -0.25) is 4.90 Å². The average Bonchev–Trinajstić information content (AvgIpc) is 3.24. The summed E-state index contributed by atoms with van der Waals surface area (Å²) >= 11 is 0. The largest absolute Gasteiger partial charge is 0.444 e. The van der Waals surface area contributed by atoms with E-state index < -0.39 is 51.1 Å². The molecule has 3 atom stereocenters. The van der Waals surface area contributed by atoms with Crippen molar-refractivity contribution in [3.05, 3.63) is 64.5 Å². The molecule has 2 aliphatic heterocycles. The third-order valence-corrected chi connectivity index (χ3v) is 8.32. The zero-order valence-electron chi connectivity index (χ0n) is 21.2. The zero-order chi connectivity index (χ0) is 27.1. The second-order valence-electron chi connectivity index (χ2n) is 10.4. The number of rotatable bonds is 5. The van der Waals surface area contributed by atoms with Crippen molar-refractivity contribution < 1.29 is 35.9 Å². The van der Waals surface area contributed by atoms with Crippen molar-refractivity contribution in [2.24, 2.45) is 0 Å². The summed E-state index contributed by atoms with van der Waals surface area (Å²) in [5.74, 6) is -3.50. The van der Waals surface area contributed by atoms with E-state index >= 15 is 0 Å². The van der Waals surface area contributed by atoms with Crippen molar-refractivity contribution in [3.8, 4) is 0 Å². The van der Waals surface area contributed by atoms with E-state index in [1.165, 1.54) is 0 Å². The fourth-order valence-electron chi connectivity index (χ4n) is 4.74. The van der Waals surface area contributed by atoms with Crippen LogP contribution < -0.4 is 5.32 Å². The molecule has 0 unspecified atom stereocenters. The van der Waals surface area contributed by atoms with E-state index in [1.54, 1.807) is 45.9 Å². The molecule has 2 aliphatic rings. The van der Waals surface area contributed by atoms with Crippen molar-refractivity contribution in [2.45, 2.75) is 75.9 Å². The normalized spacial score (nSPS) is 22.5. The summed E-state index contributed by atoms with van der Waals surface area (Å²) in [6.07, 6.45) is -1.49. The number of amides is 1. The van der Waals surface area contributed by atoms with Gasteiger partial charge in [-0.1, -0.05) is 13.0 Å². The maximum absolute atomic E-state index is 14.6. The molecule has 2 aromatic carbocycles. The number of nitrogens with one attached hydrogen (secondary N) is 1. The van der Waals surface area contributed by atoms with Gasteiger partial charge in [0.25, 0.3) is 0 Å². The fourth-order valence-corrected chi connectivity index (χ4v) is 5.67. The van der Waals surface area contributed by atoms with Crippen LogP contribution in [0.4, 0.5) is 18.0 Å². The van der Waals surface area contributed by atoms with Gasteiger partial charge in [0.15, 0.2) is 21.5 Å². The lowest BCUT2D eigenvalue weighted by Crippen LogP contribution is -2.52. The molecule has 202 valence electrons. The number of hydrogen-bond acceptors (Lipinski definition) is 6. The Morgan fingerprint density at radius 2 is 1.76 bits per heavy atom. The summed E-state index contributed by atoms with van der Waals surface area (Å²) in [6, 6.07) is 5.29. The SMILES string of the molecule is CCS(=O)(=O)c1ccc2c(c1)CN([C@H]1CO[C@H](c3cc(F)c(F)cc3F)[C@@H](NC(=O)OC(C)(C)C)C1)C2. The van der Waals surface area contributed by atoms with E-state index in [0.29, 0.717) is 25.6 Å². The van der Waals surface area contributed by atoms with Crippen molar-refractivity contribution in [2.75, 3.05) is 12.4 Å².